The third-order valence-corrected chi connectivity index (χ3v) is 7.60. The molecule has 1 aliphatic heterocycles. The third-order valence-electron chi connectivity index (χ3n) is 7.60. The van der Waals surface area contributed by atoms with Gasteiger partial charge >= 0.3 is 0 Å². The van der Waals surface area contributed by atoms with Gasteiger partial charge in [0.1, 0.15) is 18.1 Å². The Morgan fingerprint density at radius 3 is 2.13 bits per heavy atom. The van der Waals surface area contributed by atoms with Crippen LogP contribution in [0.1, 0.15) is 43.0 Å². The molecule has 0 fully saturated rings. The SMILES string of the molecule is COc1ccc(C2(C)C(=O)N(c3ccc(OCc4ccccc4)cc3C(C)(C)OC)c3ccccc32)cc1. The van der Waals surface area contributed by atoms with Gasteiger partial charge in [0.2, 0.25) is 5.91 Å². The molecular formula is C33H33NO4. The smallest absolute Gasteiger partial charge is 0.246 e. The van der Waals surface area contributed by atoms with Gasteiger partial charge in [-0.15, -0.1) is 0 Å². The topological polar surface area (TPSA) is 48.0 Å². The second-order valence-corrected chi connectivity index (χ2v) is 10.2. The highest BCUT2D eigenvalue weighted by molar-refractivity contribution is 6.15. The molecule has 1 amide bonds. The van der Waals surface area contributed by atoms with Crippen molar-refractivity contribution in [3.05, 3.63) is 119 Å². The summed E-state index contributed by atoms with van der Waals surface area (Å²) in [6, 6.07) is 31.7. The Kier molecular flexibility index (Phi) is 6.72. The number of methoxy groups -OCH3 is 2. The molecule has 0 N–H and O–H groups in total. The van der Waals surface area contributed by atoms with E-state index < -0.39 is 11.0 Å². The summed E-state index contributed by atoms with van der Waals surface area (Å²) in [5, 5.41) is 0. The van der Waals surface area contributed by atoms with Gasteiger partial charge in [-0.1, -0.05) is 60.7 Å². The number of rotatable bonds is 8. The Morgan fingerprint density at radius 2 is 1.45 bits per heavy atom. The van der Waals surface area contributed by atoms with Crippen LogP contribution in [-0.4, -0.2) is 20.1 Å². The molecule has 1 unspecified atom stereocenters. The fraction of sp³-hybridized carbons (Fsp3) is 0.242. The van der Waals surface area contributed by atoms with Crippen molar-refractivity contribution in [3.8, 4) is 11.5 Å². The number of anilines is 2. The molecule has 0 aliphatic carbocycles. The van der Waals surface area contributed by atoms with Crippen molar-refractivity contribution < 1.29 is 19.0 Å². The largest absolute Gasteiger partial charge is 0.497 e. The van der Waals surface area contributed by atoms with Crippen molar-refractivity contribution in [2.75, 3.05) is 19.1 Å². The average molecular weight is 508 g/mol. The summed E-state index contributed by atoms with van der Waals surface area (Å²) in [6.45, 7) is 6.45. The number of para-hydroxylation sites is 1. The maximum atomic E-state index is 14.4. The lowest BCUT2D eigenvalue weighted by Gasteiger charge is -2.31. The molecule has 1 heterocycles. The van der Waals surface area contributed by atoms with Crippen LogP contribution in [-0.2, 0) is 27.2 Å². The molecule has 1 aliphatic rings. The number of benzene rings is 4. The number of ether oxygens (including phenoxy) is 3. The van der Waals surface area contributed by atoms with E-state index in [4.69, 9.17) is 14.2 Å². The molecule has 194 valence electrons. The predicted molar refractivity (Wildman–Crippen MR) is 150 cm³/mol. The van der Waals surface area contributed by atoms with Crippen molar-refractivity contribution in [1.82, 2.24) is 0 Å². The Labute approximate surface area is 224 Å². The molecule has 38 heavy (non-hydrogen) atoms. The Balaban J connectivity index is 1.60. The lowest BCUT2D eigenvalue weighted by atomic mass is 9.77. The average Bonchev–Trinajstić information content (AvgIpc) is 3.19. The number of hydrogen-bond donors (Lipinski definition) is 0. The summed E-state index contributed by atoms with van der Waals surface area (Å²) in [7, 11) is 3.32. The third kappa shape index (κ3) is 4.33. The van der Waals surface area contributed by atoms with E-state index in [0.29, 0.717) is 6.61 Å². The van der Waals surface area contributed by atoms with E-state index in [2.05, 4.69) is 0 Å². The van der Waals surface area contributed by atoms with Gasteiger partial charge < -0.3 is 14.2 Å². The summed E-state index contributed by atoms with van der Waals surface area (Å²) in [5.74, 6) is 1.45. The molecule has 0 saturated carbocycles. The molecule has 5 nitrogen and oxygen atoms in total. The summed E-state index contributed by atoms with van der Waals surface area (Å²) >= 11 is 0. The Hall–Kier alpha value is -4.09. The predicted octanol–water partition coefficient (Wildman–Crippen LogP) is 7.14. The van der Waals surface area contributed by atoms with Gasteiger partial charge in [0.15, 0.2) is 0 Å². The normalized spacial score (nSPS) is 16.9. The molecule has 0 bridgehead atoms. The Morgan fingerprint density at radius 1 is 0.789 bits per heavy atom. The van der Waals surface area contributed by atoms with E-state index in [0.717, 1.165) is 45.1 Å². The van der Waals surface area contributed by atoms with Crippen molar-refractivity contribution in [2.24, 2.45) is 0 Å². The van der Waals surface area contributed by atoms with Crippen LogP contribution in [0.15, 0.2) is 97.1 Å². The molecule has 0 saturated heterocycles. The maximum absolute atomic E-state index is 14.4. The van der Waals surface area contributed by atoms with Crippen LogP contribution >= 0.6 is 0 Å². The van der Waals surface area contributed by atoms with E-state index in [1.807, 2.05) is 123 Å². The quantitative estimate of drug-likeness (QED) is 0.254. The first-order chi connectivity index (χ1) is 18.3. The lowest BCUT2D eigenvalue weighted by molar-refractivity contribution is -0.120. The fourth-order valence-electron chi connectivity index (χ4n) is 5.12. The van der Waals surface area contributed by atoms with E-state index in [9.17, 15) is 4.79 Å². The van der Waals surface area contributed by atoms with Crippen LogP contribution in [0.4, 0.5) is 11.4 Å². The molecule has 4 aromatic rings. The zero-order valence-corrected chi connectivity index (χ0v) is 22.5. The highest BCUT2D eigenvalue weighted by Gasteiger charge is 2.50. The number of hydrogen-bond acceptors (Lipinski definition) is 4. The zero-order valence-electron chi connectivity index (χ0n) is 22.5. The van der Waals surface area contributed by atoms with E-state index >= 15 is 0 Å². The molecular weight excluding hydrogens is 474 g/mol. The number of carbonyl (C=O) groups excluding carboxylic acids is 1. The highest BCUT2D eigenvalue weighted by atomic mass is 16.5. The molecule has 5 heteroatoms. The summed E-state index contributed by atoms with van der Waals surface area (Å²) in [5.41, 5.74) is 3.93. The number of amides is 1. The first-order valence-corrected chi connectivity index (χ1v) is 12.7. The van der Waals surface area contributed by atoms with E-state index in [1.165, 1.54) is 0 Å². The van der Waals surface area contributed by atoms with Gasteiger partial charge in [0, 0.05) is 12.7 Å². The van der Waals surface area contributed by atoms with Crippen LogP contribution in [0.2, 0.25) is 0 Å². The van der Waals surface area contributed by atoms with E-state index in [1.54, 1.807) is 14.2 Å². The summed E-state index contributed by atoms with van der Waals surface area (Å²) < 4.78 is 17.4. The monoisotopic (exact) mass is 507 g/mol. The van der Waals surface area contributed by atoms with Gasteiger partial charge in [-0.2, -0.15) is 0 Å². The number of fused-ring (bicyclic) bond motifs is 1. The maximum Gasteiger partial charge on any atom is 0.246 e. The summed E-state index contributed by atoms with van der Waals surface area (Å²) in [4.78, 5) is 16.3. The molecule has 0 aromatic heterocycles. The van der Waals surface area contributed by atoms with Gasteiger partial charge in [-0.25, -0.2) is 0 Å². The molecule has 0 radical (unpaired) electrons. The fourth-order valence-corrected chi connectivity index (χ4v) is 5.12. The van der Waals surface area contributed by atoms with E-state index in [-0.39, 0.29) is 5.91 Å². The summed E-state index contributed by atoms with van der Waals surface area (Å²) in [6.07, 6.45) is 0. The van der Waals surface area contributed by atoms with Crippen LogP contribution < -0.4 is 14.4 Å². The zero-order chi connectivity index (χ0) is 26.9. The van der Waals surface area contributed by atoms with Gasteiger partial charge in [-0.3, -0.25) is 9.69 Å². The molecule has 0 spiro atoms. The van der Waals surface area contributed by atoms with Gasteiger partial charge in [0.25, 0.3) is 0 Å². The van der Waals surface area contributed by atoms with Crippen LogP contribution in [0, 0.1) is 0 Å². The minimum absolute atomic E-state index is 0.0185. The minimum atomic E-state index is -0.861. The Bertz CT molecular complexity index is 1450. The van der Waals surface area contributed by atoms with Crippen molar-refractivity contribution >= 4 is 17.3 Å². The van der Waals surface area contributed by atoms with Crippen molar-refractivity contribution in [2.45, 2.75) is 38.4 Å². The second kappa shape index (κ2) is 9.99. The van der Waals surface area contributed by atoms with Crippen molar-refractivity contribution in [1.29, 1.82) is 0 Å². The number of carbonyl (C=O) groups is 1. The van der Waals surface area contributed by atoms with Crippen LogP contribution in [0.25, 0.3) is 0 Å². The highest BCUT2D eigenvalue weighted by Crippen LogP contribution is 2.51. The van der Waals surface area contributed by atoms with Crippen LogP contribution in [0.5, 0.6) is 11.5 Å². The molecule has 4 aromatic carbocycles. The molecule has 1 atom stereocenters. The van der Waals surface area contributed by atoms with Gasteiger partial charge in [0.05, 0.1) is 29.5 Å². The second-order valence-electron chi connectivity index (χ2n) is 10.2. The first-order valence-electron chi connectivity index (χ1n) is 12.7. The minimum Gasteiger partial charge on any atom is -0.497 e. The standard InChI is InChI=1S/C33H33NO4/c1-32(2,37-5)28-21-26(38-22-23-11-7-6-8-12-23)19-20-30(28)34-29-14-10-9-13-27(29)33(3,31(34)35)24-15-17-25(36-4)18-16-24/h6-21H,22H2,1-5H3. The number of nitrogens with zero attached hydrogens (tertiary/aromatic N) is 1. The lowest BCUT2D eigenvalue weighted by Crippen LogP contribution is -2.38. The van der Waals surface area contributed by atoms with Gasteiger partial charge in [-0.05, 0) is 73.9 Å². The van der Waals surface area contributed by atoms with Crippen LogP contribution in [0.3, 0.4) is 0 Å². The molecule has 5 rings (SSSR count). The first kappa shape index (κ1) is 25.6. The van der Waals surface area contributed by atoms with Crippen molar-refractivity contribution in [3.63, 3.8) is 0 Å².